The van der Waals surface area contributed by atoms with Crippen molar-refractivity contribution in [3.63, 3.8) is 0 Å². The Hall–Kier alpha value is -1.65. The molecule has 2 rings (SSSR count). The van der Waals surface area contributed by atoms with E-state index in [0.29, 0.717) is 17.4 Å². The first-order chi connectivity index (χ1) is 8.16. The van der Waals surface area contributed by atoms with Gasteiger partial charge in [-0.3, -0.25) is 10.1 Å². The fraction of sp³-hybridized carbons (Fsp3) is 0.583. The van der Waals surface area contributed by atoms with Crippen LogP contribution in [0.4, 0.5) is 11.5 Å². The SMILES string of the molecule is Cc1cnc(NC2CCCCC2)cc1[N+](=O)[O-]. The van der Waals surface area contributed by atoms with Crippen LogP contribution in [0, 0.1) is 17.0 Å². The molecule has 5 heteroatoms. The van der Waals surface area contributed by atoms with Crippen molar-refractivity contribution in [1.29, 1.82) is 0 Å². The first kappa shape index (κ1) is 11.8. The van der Waals surface area contributed by atoms with Gasteiger partial charge in [0, 0.05) is 17.8 Å². The number of nitrogens with zero attached hydrogens (tertiary/aromatic N) is 2. The molecule has 5 nitrogen and oxygen atoms in total. The summed E-state index contributed by atoms with van der Waals surface area (Å²) in [6.07, 6.45) is 7.56. The minimum absolute atomic E-state index is 0.137. The van der Waals surface area contributed by atoms with Crippen LogP contribution in [-0.2, 0) is 0 Å². The van der Waals surface area contributed by atoms with Crippen molar-refractivity contribution in [3.8, 4) is 0 Å². The molecule has 92 valence electrons. The van der Waals surface area contributed by atoms with E-state index in [2.05, 4.69) is 10.3 Å². The molecule has 1 heterocycles. The number of nitro groups is 1. The molecule has 0 unspecified atom stereocenters. The van der Waals surface area contributed by atoms with Crippen LogP contribution in [0.25, 0.3) is 0 Å². The van der Waals surface area contributed by atoms with E-state index in [-0.39, 0.29) is 10.6 Å². The van der Waals surface area contributed by atoms with Gasteiger partial charge in [0.05, 0.1) is 11.0 Å². The van der Waals surface area contributed by atoms with Crippen LogP contribution in [0.3, 0.4) is 0 Å². The van der Waals surface area contributed by atoms with Gasteiger partial charge in [-0.2, -0.15) is 0 Å². The van der Waals surface area contributed by atoms with Gasteiger partial charge in [-0.1, -0.05) is 19.3 Å². The molecule has 0 amide bonds. The fourth-order valence-corrected chi connectivity index (χ4v) is 2.24. The van der Waals surface area contributed by atoms with Crippen LogP contribution in [0.1, 0.15) is 37.7 Å². The summed E-state index contributed by atoms with van der Waals surface area (Å²) in [5, 5.41) is 14.1. The highest BCUT2D eigenvalue weighted by atomic mass is 16.6. The zero-order valence-electron chi connectivity index (χ0n) is 9.98. The average Bonchev–Trinajstić information content (AvgIpc) is 2.32. The number of aromatic nitrogens is 1. The Morgan fingerprint density at radius 2 is 2.12 bits per heavy atom. The lowest BCUT2D eigenvalue weighted by atomic mass is 9.95. The summed E-state index contributed by atoms with van der Waals surface area (Å²) in [5.74, 6) is 0.620. The van der Waals surface area contributed by atoms with Gasteiger partial charge in [0.15, 0.2) is 0 Å². The van der Waals surface area contributed by atoms with Gasteiger partial charge >= 0.3 is 0 Å². The van der Waals surface area contributed by atoms with Crippen molar-refractivity contribution < 1.29 is 4.92 Å². The molecule has 1 aliphatic rings. The maximum Gasteiger partial charge on any atom is 0.277 e. The molecule has 0 bridgehead atoms. The van der Waals surface area contributed by atoms with Gasteiger partial charge in [-0.05, 0) is 19.8 Å². The van der Waals surface area contributed by atoms with Crippen molar-refractivity contribution in [2.45, 2.75) is 45.1 Å². The lowest BCUT2D eigenvalue weighted by Gasteiger charge is -2.23. The normalized spacial score (nSPS) is 16.8. The molecule has 0 spiro atoms. The lowest BCUT2D eigenvalue weighted by molar-refractivity contribution is -0.385. The van der Waals surface area contributed by atoms with Crippen LogP contribution in [0.5, 0.6) is 0 Å². The summed E-state index contributed by atoms with van der Waals surface area (Å²) in [4.78, 5) is 14.7. The largest absolute Gasteiger partial charge is 0.367 e. The first-order valence-corrected chi connectivity index (χ1v) is 6.04. The van der Waals surface area contributed by atoms with Crippen molar-refractivity contribution in [2.75, 3.05) is 5.32 Å². The topological polar surface area (TPSA) is 68.1 Å². The predicted molar refractivity (Wildman–Crippen MR) is 66.1 cm³/mol. The third kappa shape index (κ3) is 2.93. The second-order valence-corrected chi connectivity index (χ2v) is 4.59. The molecule has 1 fully saturated rings. The molecule has 1 aliphatic carbocycles. The second kappa shape index (κ2) is 5.12. The van der Waals surface area contributed by atoms with Gasteiger partial charge in [0.25, 0.3) is 5.69 Å². The summed E-state index contributed by atoms with van der Waals surface area (Å²) in [5.41, 5.74) is 0.738. The predicted octanol–water partition coefficient (Wildman–Crippen LogP) is 3.04. The Balaban J connectivity index is 2.10. The van der Waals surface area contributed by atoms with E-state index in [0.717, 1.165) is 12.8 Å². The molecular weight excluding hydrogens is 218 g/mol. The van der Waals surface area contributed by atoms with Gasteiger partial charge < -0.3 is 5.32 Å². The minimum Gasteiger partial charge on any atom is -0.367 e. The van der Waals surface area contributed by atoms with Crippen LogP contribution >= 0.6 is 0 Å². The molecule has 17 heavy (non-hydrogen) atoms. The monoisotopic (exact) mass is 235 g/mol. The van der Waals surface area contributed by atoms with Gasteiger partial charge in [0.2, 0.25) is 0 Å². The number of aryl methyl sites for hydroxylation is 1. The molecule has 1 saturated carbocycles. The van der Waals surface area contributed by atoms with E-state index in [1.54, 1.807) is 13.1 Å². The number of nitrogens with one attached hydrogen (secondary N) is 1. The Morgan fingerprint density at radius 3 is 2.76 bits per heavy atom. The molecule has 1 aromatic rings. The number of anilines is 1. The maximum atomic E-state index is 10.8. The maximum absolute atomic E-state index is 10.8. The third-order valence-electron chi connectivity index (χ3n) is 3.23. The lowest BCUT2D eigenvalue weighted by Crippen LogP contribution is -2.22. The number of pyridine rings is 1. The quantitative estimate of drug-likeness (QED) is 0.645. The molecule has 0 aliphatic heterocycles. The summed E-state index contributed by atoms with van der Waals surface area (Å²) in [6.45, 7) is 1.70. The third-order valence-corrected chi connectivity index (χ3v) is 3.23. The van der Waals surface area contributed by atoms with Crippen LogP contribution in [0.15, 0.2) is 12.3 Å². The van der Waals surface area contributed by atoms with Gasteiger partial charge in [-0.15, -0.1) is 0 Å². The van der Waals surface area contributed by atoms with Gasteiger partial charge in [0.1, 0.15) is 5.82 Å². The smallest absolute Gasteiger partial charge is 0.277 e. The molecule has 1 N–H and O–H groups in total. The zero-order valence-corrected chi connectivity index (χ0v) is 9.98. The van der Waals surface area contributed by atoms with Crippen molar-refractivity contribution in [3.05, 3.63) is 27.9 Å². The highest BCUT2D eigenvalue weighted by Crippen LogP contribution is 2.24. The van der Waals surface area contributed by atoms with E-state index >= 15 is 0 Å². The van der Waals surface area contributed by atoms with E-state index in [4.69, 9.17) is 0 Å². The Labute approximate surface area is 100 Å². The molecule has 0 aromatic carbocycles. The van der Waals surface area contributed by atoms with Crippen molar-refractivity contribution >= 4 is 11.5 Å². The summed E-state index contributed by atoms with van der Waals surface area (Å²) in [6, 6.07) is 1.95. The van der Waals surface area contributed by atoms with E-state index < -0.39 is 0 Å². The van der Waals surface area contributed by atoms with Crippen LogP contribution in [0.2, 0.25) is 0 Å². The number of rotatable bonds is 3. The molecule has 0 radical (unpaired) electrons. The summed E-state index contributed by atoms with van der Waals surface area (Å²) in [7, 11) is 0. The van der Waals surface area contributed by atoms with E-state index in [9.17, 15) is 10.1 Å². The molecule has 0 saturated heterocycles. The standard InChI is InChI=1S/C12H17N3O2/c1-9-8-13-12(7-11(9)15(16)17)14-10-5-3-2-4-6-10/h7-8,10H,2-6H2,1H3,(H,13,14). The Bertz CT molecular complexity index is 414. The van der Waals surface area contributed by atoms with E-state index in [1.807, 2.05) is 0 Å². The van der Waals surface area contributed by atoms with E-state index in [1.165, 1.54) is 25.3 Å². The highest BCUT2D eigenvalue weighted by Gasteiger charge is 2.16. The molecular formula is C12H17N3O2. The van der Waals surface area contributed by atoms with Crippen molar-refractivity contribution in [1.82, 2.24) is 4.98 Å². The Morgan fingerprint density at radius 1 is 1.41 bits per heavy atom. The molecule has 1 aromatic heterocycles. The van der Waals surface area contributed by atoms with Crippen LogP contribution < -0.4 is 5.32 Å². The fourth-order valence-electron chi connectivity index (χ4n) is 2.24. The highest BCUT2D eigenvalue weighted by molar-refractivity contribution is 5.49. The average molecular weight is 235 g/mol. The minimum atomic E-state index is -0.358. The number of hydrogen-bond donors (Lipinski definition) is 1. The molecule has 0 atom stereocenters. The number of hydrogen-bond acceptors (Lipinski definition) is 4. The Kier molecular flexibility index (Phi) is 3.56. The van der Waals surface area contributed by atoms with Crippen LogP contribution in [-0.4, -0.2) is 15.9 Å². The van der Waals surface area contributed by atoms with Crippen molar-refractivity contribution in [2.24, 2.45) is 0 Å². The van der Waals surface area contributed by atoms with Gasteiger partial charge in [-0.25, -0.2) is 4.98 Å². The second-order valence-electron chi connectivity index (χ2n) is 4.59. The first-order valence-electron chi connectivity index (χ1n) is 6.04. The zero-order chi connectivity index (χ0) is 12.3. The summed E-state index contributed by atoms with van der Waals surface area (Å²) >= 11 is 0. The summed E-state index contributed by atoms with van der Waals surface area (Å²) < 4.78 is 0.